The summed E-state index contributed by atoms with van der Waals surface area (Å²) in [5.41, 5.74) is 4.01. The van der Waals surface area contributed by atoms with Crippen molar-refractivity contribution < 1.29 is 19.1 Å². The van der Waals surface area contributed by atoms with E-state index in [0.717, 1.165) is 35.2 Å². The number of carbonyl (C=O) groups is 2. The smallest absolute Gasteiger partial charge is 0.261 e. The molecule has 0 saturated carbocycles. The van der Waals surface area contributed by atoms with Crippen molar-refractivity contribution in [2.45, 2.75) is 39.7 Å². The van der Waals surface area contributed by atoms with E-state index in [2.05, 4.69) is 5.32 Å². The highest BCUT2D eigenvalue weighted by Gasteiger charge is 2.25. The lowest BCUT2D eigenvalue weighted by Gasteiger charge is -2.25. The molecule has 3 rings (SSSR count). The molecule has 160 valence electrons. The number of ether oxygens (including phenoxy) is 2. The van der Waals surface area contributed by atoms with Crippen molar-refractivity contribution in [1.82, 2.24) is 4.90 Å². The van der Waals surface area contributed by atoms with Crippen LogP contribution in [0, 0.1) is 20.8 Å². The first-order valence-corrected chi connectivity index (χ1v) is 10.4. The Labute approximate surface area is 178 Å². The van der Waals surface area contributed by atoms with Crippen LogP contribution in [0.5, 0.6) is 5.75 Å². The zero-order valence-corrected chi connectivity index (χ0v) is 17.9. The molecule has 0 spiro atoms. The molecule has 1 fully saturated rings. The van der Waals surface area contributed by atoms with Gasteiger partial charge in [-0.15, -0.1) is 0 Å². The SMILES string of the molecule is Cc1ccc(OCC(=O)N(CC(=O)Nc2cccc(C)c2C)CC2CCCO2)cc1. The Morgan fingerprint density at radius 3 is 2.60 bits per heavy atom. The Morgan fingerprint density at radius 1 is 1.13 bits per heavy atom. The van der Waals surface area contributed by atoms with Crippen molar-refractivity contribution in [3.05, 3.63) is 59.2 Å². The largest absolute Gasteiger partial charge is 0.484 e. The first-order valence-electron chi connectivity index (χ1n) is 10.4. The topological polar surface area (TPSA) is 67.9 Å². The number of hydrogen-bond acceptors (Lipinski definition) is 4. The van der Waals surface area contributed by atoms with Crippen LogP contribution in [-0.4, -0.2) is 49.1 Å². The van der Waals surface area contributed by atoms with Crippen molar-refractivity contribution >= 4 is 17.5 Å². The molecule has 0 aromatic heterocycles. The number of aryl methyl sites for hydroxylation is 2. The molecule has 0 radical (unpaired) electrons. The molecule has 2 amide bonds. The van der Waals surface area contributed by atoms with Gasteiger partial charge in [-0.05, 0) is 62.9 Å². The first-order chi connectivity index (χ1) is 14.4. The highest BCUT2D eigenvalue weighted by atomic mass is 16.5. The third-order valence-electron chi connectivity index (χ3n) is 5.40. The zero-order chi connectivity index (χ0) is 21.5. The van der Waals surface area contributed by atoms with Gasteiger partial charge in [-0.25, -0.2) is 0 Å². The molecule has 2 aromatic carbocycles. The average Bonchev–Trinajstić information content (AvgIpc) is 3.23. The summed E-state index contributed by atoms with van der Waals surface area (Å²) in [6, 6.07) is 13.3. The molecule has 1 saturated heterocycles. The summed E-state index contributed by atoms with van der Waals surface area (Å²) in [5, 5.41) is 2.93. The summed E-state index contributed by atoms with van der Waals surface area (Å²) in [6.45, 7) is 6.89. The van der Waals surface area contributed by atoms with Gasteiger partial charge in [0.2, 0.25) is 5.91 Å². The van der Waals surface area contributed by atoms with Crippen LogP contribution in [0.3, 0.4) is 0 Å². The summed E-state index contributed by atoms with van der Waals surface area (Å²) in [7, 11) is 0. The van der Waals surface area contributed by atoms with E-state index in [1.165, 1.54) is 4.90 Å². The van der Waals surface area contributed by atoms with Crippen LogP contribution in [0.15, 0.2) is 42.5 Å². The quantitative estimate of drug-likeness (QED) is 0.722. The second-order valence-electron chi connectivity index (χ2n) is 7.81. The van der Waals surface area contributed by atoms with E-state index in [0.29, 0.717) is 18.9 Å². The third-order valence-corrected chi connectivity index (χ3v) is 5.40. The van der Waals surface area contributed by atoms with E-state index in [-0.39, 0.29) is 31.1 Å². The summed E-state index contributed by atoms with van der Waals surface area (Å²) >= 11 is 0. The van der Waals surface area contributed by atoms with Gasteiger partial charge in [-0.1, -0.05) is 29.8 Å². The van der Waals surface area contributed by atoms with Gasteiger partial charge in [0.05, 0.1) is 6.10 Å². The van der Waals surface area contributed by atoms with Crippen molar-refractivity contribution in [3.63, 3.8) is 0 Å². The van der Waals surface area contributed by atoms with Gasteiger partial charge < -0.3 is 19.7 Å². The van der Waals surface area contributed by atoms with Gasteiger partial charge >= 0.3 is 0 Å². The number of anilines is 1. The summed E-state index contributed by atoms with van der Waals surface area (Å²) in [6.07, 6.45) is 1.82. The minimum atomic E-state index is -0.234. The van der Waals surface area contributed by atoms with Gasteiger partial charge in [0.15, 0.2) is 6.61 Å². The van der Waals surface area contributed by atoms with E-state index in [4.69, 9.17) is 9.47 Å². The lowest BCUT2D eigenvalue weighted by molar-refractivity contribution is -0.138. The lowest BCUT2D eigenvalue weighted by Crippen LogP contribution is -2.44. The second-order valence-corrected chi connectivity index (χ2v) is 7.81. The van der Waals surface area contributed by atoms with Gasteiger partial charge in [0, 0.05) is 18.8 Å². The van der Waals surface area contributed by atoms with Gasteiger partial charge in [-0.2, -0.15) is 0 Å². The maximum Gasteiger partial charge on any atom is 0.261 e. The molecule has 1 atom stereocenters. The highest BCUT2D eigenvalue weighted by molar-refractivity contribution is 5.95. The molecule has 6 heteroatoms. The predicted octanol–water partition coefficient (Wildman–Crippen LogP) is 3.64. The number of rotatable bonds is 8. The zero-order valence-electron chi connectivity index (χ0n) is 17.9. The van der Waals surface area contributed by atoms with Crippen molar-refractivity contribution in [2.75, 3.05) is 31.6 Å². The Hall–Kier alpha value is -2.86. The van der Waals surface area contributed by atoms with E-state index < -0.39 is 0 Å². The fourth-order valence-corrected chi connectivity index (χ4v) is 3.41. The maximum atomic E-state index is 12.8. The van der Waals surface area contributed by atoms with E-state index in [1.54, 1.807) is 0 Å². The minimum Gasteiger partial charge on any atom is -0.484 e. The predicted molar refractivity (Wildman–Crippen MR) is 117 cm³/mol. The second kappa shape index (κ2) is 10.3. The molecule has 0 aliphatic carbocycles. The fourth-order valence-electron chi connectivity index (χ4n) is 3.41. The van der Waals surface area contributed by atoms with Crippen molar-refractivity contribution in [3.8, 4) is 5.75 Å². The minimum absolute atomic E-state index is 0.0384. The summed E-state index contributed by atoms with van der Waals surface area (Å²) < 4.78 is 11.3. The number of benzene rings is 2. The van der Waals surface area contributed by atoms with Crippen LogP contribution < -0.4 is 10.1 Å². The monoisotopic (exact) mass is 410 g/mol. The molecule has 1 unspecified atom stereocenters. The van der Waals surface area contributed by atoms with E-state index >= 15 is 0 Å². The van der Waals surface area contributed by atoms with Crippen LogP contribution in [-0.2, 0) is 14.3 Å². The van der Waals surface area contributed by atoms with E-state index in [9.17, 15) is 9.59 Å². The maximum absolute atomic E-state index is 12.8. The third kappa shape index (κ3) is 6.07. The van der Waals surface area contributed by atoms with Crippen LogP contribution in [0.2, 0.25) is 0 Å². The molecule has 0 bridgehead atoms. The standard InChI is InChI=1S/C24H30N2O4/c1-17-9-11-20(12-10-17)30-16-24(28)26(14-21-7-5-13-29-21)15-23(27)25-22-8-4-6-18(2)19(22)3/h4,6,8-12,21H,5,7,13-16H2,1-3H3,(H,25,27). The summed E-state index contributed by atoms with van der Waals surface area (Å²) in [4.78, 5) is 27.1. The summed E-state index contributed by atoms with van der Waals surface area (Å²) in [5.74, 6) is 0.165. The molecule has 30 heavy (non-hydrogen) atoms. The van der Waals surface area contributed by atoms with Crippen LogP contribution in [0.1, 0.15) is 29.5 Å². The molecule has 1 N–H and O–H groups in total. The molecule has 1 aliphatic rings. The molecule has 6 nitrogen and oxygen atoms in total. The fraction of sp³-hybridized carbons (Fsp3) is 0.417. The molecule has 1 heterocycles. The Balaban J connectivity index is 1.63. The Kier molecular flexibility index (Phi) is 7.46. The normalized spacial score (nSPS) is 15.6. The van der Waals surface area contributed by atoms with Gasteiger partial charge in [-0.3, -0.25) is 9.59 Å². The Morgan fingerprint density at radius 2 is 1.90 bits per heavy atom. The Bertz CT molecular complexity index is 873. The molecular formula is C24H30N2O4. The number of nitrogens with zero attached hydrogens (tertiary/aromatic N) is 1. The van der Waals surface area contributed by atoms with Crippen molar-refractivity contribution in [1.29, 1.82) is 0 Å². The number of amides is 2. The molecule has 1 aliphatic heterocycles. The highest BCUT2D eigenvalue weighted by Crippen LogP contribution is 2.19. The number of hydrogen-bond donors (Lipinski definition) is 1. The molecule has 2 aromatic rings. The van der Waals surface area contributed by atoms with Crippen LogP contribution >= 0.6 is 0 Å². The van der Waals surface area contributed by atoms with Crippen LogP contribution in [0.4, 0.5) is 5.69 Å². The average molecular weight is 411 g/mol. The van der Waals surface area contributed by atoms with Crippen molar-refractivity contribution in [2.24, 2.45) is 0 Å². The van der Waals surface area contributed by atoms with E-state index in [1.807, 2.05) is 63.2 Å². The molecular weight excluding hydrogens is 380 g/mol. The number of carbonyl (C=O) groups excluding carboxylic acids is 2. The lowest BCUT2D eigenvalue weighted by atomic mass is 10.1. The van der Waals surface area contributed by atoms with Gasteiger partial charge in [0.1, 0.15) is 12.3 Å². The van der Waals surface area contributed by atoms with Gasteiger partial charge in [0.25, 0.3) is 5.91 Å². The first kappa shape index (κ1) is 21.8. The number of nitrogens with one attached hydrogen (secondary N) is 1. The van der Waals surface area contributed by atoms with Crippen LogP contribution in [0.25, 0.3) is 0 Å².